The van der Waals surface area contributed by atoms with Gasteiger partial charge in [-0.2, -0.15) is 0 Å². The Morgan fingerprint density at radius 2 is 2.14 bits per heavy atom. The zero-order valence-corrected chi connectivity index (χ0v) is 13.3. The molecule has 1 unspecified atom stereocenters. The number of nitrogens with one attached hydrogen (secondary N) is 2. The Morgan fingerprint density at radius 1 is 1.36 bits per heavy atom. The maximum atomic E-state index is 11.1. The number of ether oxygens (including phenoxy) is 1. The van der Waals surface area contributed by atoms with Crippen LogP contribution in [0.3, 0.4) is 0 Å². The van der Waals surface area contributed by atoms with Gasteiger partial charge in [0.2, 0.25) is 6.41 Å². The number of benzene rings is 1. The minimum atomic E-state index is -0.335. The maximum Gasteiger partial charge on any atom is 0.208 e. The number of carbonyl (C=O) groups is 1. The highest BCUT2D eigenvalue weighted by atomic mass is 16.5. The van der Waals surface area contributed by atoms with Gasteiger partial charge in [-0.1, -0.05) is 38.1 Å². The van der Waals surface area contributed by atoms with Crippen molar-refractivity contribution in [1.29, 1.82) is 0 Å². The van der Waals surface area contributed by atoms with Crippen LogP contribution in [0.2, 0.25) is 0 Å². The first kappa shape index (κ1) is 16.6. The lowest BCUT2D eigenvalue weighted by Crippen LogP contribution is -2.61. The molecule has 2 rings (SSSR count). The Bertz CT molecular complexity index is 482. The highest BCUT2D eigenvalue weighted by Gasteiger charge is 2.40. The van der Waals surface area contributed by atoms with Gasteiger partial charge in [0.25, 0.3) is 0 Å². The van der Waals surface area contributed by atoms with Crippen LogP contribution in [-0.2, 0) is 4.79 Å². The van der Waals surface area contributed by atoms with Crippen molar-refractivity contribution in [2.45, 2.75) is 44.2 Å². The number of carbonyl (C=O) groups excluding carboxylic acids is 1. The third kappa shape index (κ3) is 3.69. The lowest BCUT2D eigenvalue weighted by Gasteiger charge is -2.45. The molecule has 22 heavy (non-hydrogen) atoms. The second kappa shape index (κ2) is 7.99. The van der Waals surface area contributed by atoms with E-state index >= 15 is 0 Å². The molecule has 4 nitrogen and oxygen atoms in total. The lowest BCUT2D eigenvalue weighted by molar-refractivity contribution is -0.112. The summed E-state index contributed by atoms with van der Waals surface area (Å²) in [5.74, 6) is 1.12. The third-order valence-corrected chi connectivity index (χ3v) is 4.37. The van der Waals surface area contributed by atoms with Gasteiger partial charge in [-0.25, -0.2) is 0 Å². The van der Waals surface area contributed by atoms with Crippen LogP contribution in [0, 0.1) is 0 Å². The monoisotopic (exact) mass is 302 g/mol. The third-order valence-electron chi connectivity index (χ3n) is 4.37. The first-order chi connectivity index (χ1) is 10.8. The fourth-order valence-corrected chi connectivity index (χ4v) is 3.43. The van der Waals surface area contributed by atoms with Crippen molar-refractivity contribution in [3.05, 3.63) is 42.5 Å². The first-order valence-electron chi connectivity index (χ1n) is 8.05. The maximum absolute atomic E-state index is 11.1. The van der Waals surface area contributed by atoms with Gasteiger partial charge in [0.1, 0.15) is 12.4 Å². The second-order valence-electron chi connectivity index (χ2n) is 5.73. The number of likely N-dealkylation sites (N-methyl/N-ethyl adjacent to an activating group) is 1. The van der Waals surface area contributed by atoms with Crippen LogP contribution < -0.4 is 15.4 Å². The van der Waals surface area contributed by atoms with E-state index in [1.165, 1.54) is 12.0 Å². The number of amides is 1. The average molecular weight is 302 g/mol. The van der Waals surface area contributed by atoms with Gasteiger partial charge >= 0.3 is 0 Å². The molecule has 1 aliphatic rings. The van der Waals surface area contributed by atoms with Crippen LogP contribution in [0.4, 0.5) is 0 Å². The molecule has 0 heterocycles. The largest absolute Gasteiger partial charge is 0.490 e. The smallest absolute Gasteiger partial charge is 0.208 e. The van der Waals surface area contributed by atoms with Gasteiger partial charge in [0.05, 0.1) is 5.66 Å². The minimum absolute atomic E-state index is 0.278. The Kier molecular flexibility index (Phi) is 6.01. The van der Waals surface area contributed by atoms with E-state index in [0.29, 0.717) is 6.61 Å². The van der Waals surface area contributed by atoms with Gasteiger partial charge in [0, 0.05) is 5.92 Å². The predicted octanol–water partition coefficient (Wildman–Crippen LogP) is 2.96. The Balaban J connectivity index is 2.22. The van der Waals surface area contributed by atoms with Crippen molar-refractivity contribution in [3.63, 3.8) is 0 Å². The summed E-state index contributed by atoms with van der Waals surface area (Å²) in [5, 5.41) is 6.57. The van der Waals surface area contributed by atoms with E-state index in [1.54, 1.807) is 6.08 Å². The lowest BCUT2D eigenvalue weighted by atomic mass is 9.75. The summed E-state index contributed by atoms with van der Waals surface area (Å²) in [6.45, 7) is 7.07. The summed E-state index contributed by atoms with van der Waals surface area (Å²) in [5.41, 5.74) is 0.902. The zero-order chi connectivity index (χ0) is 15.8. The topological polar surface area (TPSA) is 50.4 Å². The van der Waals surface area contributed by atoms with Crippen LogP contribution >= 0.6 is 0 Å². The second-order valence-corrected chi connectivity index (χ2v) is 5.73. The van der Waals surface area contributed by atoms with Gasteiger partial charge in [-0.15, -0.1) is 0 Å². The van der Waals surface area contributed by atoms with Crippen LogP contribution in [-0.4, -0.2) is 25.2 Å². The van der Waals surface area contributed by atoms with Crippen molar-refractivity contribution in [1.82, 2.24) is 10.6 Å². The fourth-order valence-electron chi connectivity index (χ4n) is 3.43. The molecule has 1 amide bonds. The number of hydrogen-bond acceptors (Lipinski definition) is 3. The summed E-state index contributed by atoms with van der Waals surface area (Å²) in [6, 6.07) is 8.19. The molecule has 0 spiro atoms. The molecule has 1 fully saturated rings. The molecule has 2 atom stereocenters. The van der Waals surface area contributed by atoms with Gasteiger partial charge in [0.15, 0.2) is 0 Å². The van der Waals surface area contributed by atoms with E-state index in [9.17, 15) is 4.79 Å². The highest BCUT2D eigenvalue weighted by molar-refractivity contribution is 5.49. The van der Waals surface area contributed by atoms with Gasteiger partial charge < -0.3 is 10.1 Å². The van der Waals surface area contributed by atoms with Crippen molar-refractivity contribution >= 4 is 6.41 Å². The molecule has 0 bridgehead atoms. The molecule has 1 aromatic carbocycles. The zero-order valence-electron chi connectivity index (χ0n) is 13.3. The molecule has 120 valence electrons. The van der Waals surface area contributed by atoms with Gasteiger partial charge in [-0.3, -0.25) is 10.1 Å². The molecule has 1 saturated carbocycles. The van der Waals surface area contributed by atoms with E-state index in [-0.39, 0.29) is 11.6 Å². The van der Waals surface area contributed by atoms with Crippen LogP contribution in [0.1, 0.15) is 44.1 Å². The molecule has 1 aromatic rings. The Labute approximate surface area is 132 Å². The molecule has 0 aliphatic heterocycles. The summed E-state index contributed by atoms with van der Waals surface area (Å²) < 4.78 is 5.54. The Morgan fingerprint density at radius 3 is 2.77 bits per heavy atom. The van der Waals surface area contributed by atoms with Crippen molar-refractivity contribution < 1.29 is 9.53 Å². The SMILES string of the molecule is C=CCOc1ccc(C2CCCC[C@@]2(NC=O)NCC)cc1. The van der Waals surface area contributed by atoms with Crippen molar-refractivity contribution in [2.24, 2.45) is 0 Å². The predicted molar refractivity (Wildman–Crippen MR) is 89.0 cm³/mol. The molecule has 0 saturated heterocycles. The quantitative estimate of drug-likeness (QED) is 0.441. The molecular weight excluding hydrogens is 276 g/mol. The van der Waals surface area contributed by atoms with Crippen molar-refractivity contribution in [3.8, 4) is 5.75 Å². The summed E-state index contributed by atoms with van der Waals surface area (Å²) >= 11 is 0. The van der Waals surface area contributed by atoms with E-state index < -0.39 is 0 Å². The molecule has 4 heteroatoms. The molecular formula is C18H26N2O2. The number of hydrogen-bond donors (Lipinski definition) is 2. The minimum Gasteiger partial charge on any atom is -0.490 e. The summed E-state index contributed by atoms with van der Waals surface area (Å²) in [6.07, 6.45) is 6.90. The van der Waals surface area contributed by atoms with Gasteiger partial charge in [-0.05, 0) is 43.5 Å². The molecule has 1 aliphatic carbocycles. The summed E-state index contributed by atoms with van der Waals surface area (Å²) in [7, 11) is 0. The van der Waals surface area contributed by atoms with E-state index in [0.717, 1.165) is 38.0 Å². The molecule has 0 radical (unpaired) electrons. The summed E-state index contributed by atoms with van der Waals surface area (Å²) in [4.78, 5) is 11.1. The van der Waals surface area contributed by atoms with Crippen LogP contribution in [0.15, 0.2) is 36.9 Å². The van der Waals surface area contributed by atoms with E-state index in [4.69, 9.17) is 4.74 Å². The van der Waals surface area contributed by atoms with E-state index in [1.807, 2.05) is 12.1 Å². The normalized spacial score (nSPS) is 24.5. The molecule has 0 aromatic heterocycles. The van der Waals surface area contributed by atoms with Crippen molar-refractivity contribution in [2.75, 3.05) is 13.2 Å². The van der Waals surface area contributed by atoms with Crippen LogP contribution in [0.25, 0.3) is 0 Å². The average Bonchev–Trinajstić information content (AvgIpc) is 2.54. The molecule has 2 N–H and O–H groups in total. The number of rotatable bonds is 8. The first-order valence-corrected chi connectivity index (χ1v) is 8.05. The fraction of sp³-hybridized carbons (Fsp3) is 0.500. The standard InChI is InChI=1S/C18H26N2O2/c1-3-13-22-16-10-8-15(9-11-16)17-7-5-6-12-18(17,19-4-2)20-14-21/h3,8-11,14,17,19H,1,4-7,12-13H2,2H3,(H,20,21)/t17?,18-/m0/s1. The van der Waals surface area contributed by atoms with E-state index in [2.05, 4.69) is 36.3 Å². The highest BCUT2D eigenvalue weighted by Crippen LogP contribution is 2.39. The van der Waals surface area contributed by atoms with Crippen LogP contribution in [0.5, 0.6) is 5.75 Å². The Hall–Kier alpha value is -1.81.